The van der Waals surface area contributed by atoms with Crippen molar-refractivity contribution in [2.75, 3.05) is 32.5 Å². The molecule has 1 heterocycles. The summed E-state index contributed by atoms with van der Waals surface area (Å²) in [4.78, 5) is 26.0. The summed E-state index contributed by atoms with van der Waals surface area (Å²) in [5.41, 5.74) is 2.05. The number of likely N-dealkylation sites (N-methyl/N-ethyl adjacent to an activating group) is 1. The van der Waals surface area contributed by atoms with Crippen molar-refractivity contribution in [3.8, 4) is 0 Å². The Morgan fingerprint density at radius 1 is 1.05 bits per heavy atom. The zero-order valence-electron chi connectivity index (χ0n) is 12.1. The number of carbonyl (C=O) groups is 2. The van der Waals surface area contributed by atoms with Crippen molar-refractivity contribution in [2.24, 2.45) is 0 Å². The van der Waals surface area contributed by atoms with Crippen LogP contribution < -0.4 is 10.6 Å². The molecular formula is C16H17N3O2. The van der Waals surface area contributed by atoms with Gasteiger partial charge in [0, 0.05) is 40.7 Å². The number of nitrogens with zero attached hydrogens (tertiary/aromatic N) is 1. The number of imide groups is 1. The van der Waals surface area contributed by atoms with E-state index in [0.29, 0.717) is 11.1 Å². The Hall–Kier alpha value is -2.40. The second kappa shape index (κ2) is 5.18. The van der Waals surface area contributed by atoms with Crippen LogP contribution in [0, 0.1) is 0 Å². The molecule has 0 saturated heterocycles. The predicted octanol–water partition coefficient (Wildman–Crippen LogP) is 1.70. The molecule has 0 spiro atoms. The lowest BCUT2D eigenvalue weighted by atomic mass is 9.94. The van der Waals surface area contributed by atoms with E-state index < -0.39 is 0 Å². The number of anilines is 1. The third kappa shape index (κ3) is 2.36. The minimum absolute atomic E-state index is 0.330. The van der Waals surface area contributed by atoms with Crippen molar-refractivity contribution in [2.45, 2.75) is 0 Å². The summed E-state index contributed by atoms with van der Waals surface area (Å²) in [7, 11) is 4.03. The summed E-state index contributed by atoms with van der Waals surface area (Å²) in [6.07, 6.45) is 0. The van der Waals surface area contributed by atoms with Gasteiger partial charge in [0.05, 0.1) is 0 Å². The minimum Gasteiger partial charge on any atom is -0.383 e. The summed E-state index contributed by atoms with van der Waals surface area (Å²) in [5, 5.41) is 7.38. The van der Waals surface area contributed by atoms with Crippen molar-refractivity contribution < 1.29 is 9.59 Å². The van der Waals surface area contributed by atoms with Gasteiger partial charge in [-0.3, -0.25) is 14.9 Å². The number of carbonyl (C=O) groups excluding carboxylic acids is 2. The largest absolute Gasteiger partial charge is 0.383 e. The van der Waals surface area contributed by atoms with Crippen molar-refractivity contribution in [3.05, 3.63) is 41.5 Å². The molecule has 0 radical (unpaired) electrons. The molecule has 108 valence electrons. The van der Waals surface area contributed by atoms with Crippen LogP contribution in [0.3, 0.4) is 0 Å². The van der Waals surface area contributed by atoms with Crippen molar-refractivity contribution in [3.63, 3.8) is 0 Å². The Morgan fingerprint density at radius 3 is 2.48 bits per heavy atom. The monoisotopic (exact) mass is 283 g/mol. The second-order valence-electron chi connectivity index (χ2n) is 5.40. The topological polar surface area (TPSA) is 61.4 Å². The summed E-state index contributed by atoms with van der Waals surface area (Å²) >= 11 is 0. The molecule has 5 nitrogen and oxygen atoms in total. The summed E-state index contributed by atoms with van der Waals surface area (Å²) in [5.74, 6) is -0.660. The van der Waals surface area contributed by atoms with Gasteiger partial charge in [0.25, 0.3) is 11.8 Å². The lowest BCUT2D eigenvalue weighted by Gasteiger charge is -2.19. The highest BCUT2D eigenvalue weighted by Gasteiger charge is 2.25. The summed E-state index contributed by atoms with van der Waals surface area (Å²) < 4.78 is 0. The van der Waals surface area contributed by atoms with Crippen LogP contribution in [-0.2, 0) is 0 Å². The first-order chi connectivity index (χ1) is 10.1. The van der Waals surface area contributed by atoms with Gasteiger partial charge in [-0.25, -0.2) is 0 Å². The third-order valence-corrected chi connectivity index (χ3v) is 3.63. The molecule has 5 heteroatoms. The van der Waals surface area contributed by atoms with E-state index in [4.69, 9.17) is 0 Å². The maximum atomic E-state index is 11.9. The van der Waals surface area contributed by atoms with Gasteiger partial charge in [-0.1, -0.05) is 12.1 Å². The average Bonchev–Trinajstić information content (AvgIpc) is 2.45. The van der Waals surface area contributed by atoms with Gasteiger partial charge in [-0.05, 0) is 32.3 Å². The van der Waals surface area contributed by atoms with Crippen LogP contribution in [0.15, 0.2) is 30.3 Å². The van der Waals surface area contributed by atoms with Crippen LogP contribution in [0.4, 0.5) is 5.69 Å². The van der Waals surface area contributed by atoms with E-state index in [1.807, 2.05) is 32.3 Å². The van der Waals surface area contributed by atoms with Gasteiger partial charge in [0.15, 0.2) is 0 Å². The second-order valence-corrected chi connectivity index (χ2v) is 5.40. The highest BCUT2D eigenvalue weighted by Crippen LogP contribution is 2.31. The Kier molecular flexibility index (Phi) is 3.35. The molecular weight excluding hydrogens is 266 g/mol. The highest BCUT2D eigenvalue weighted by atomic mass is 16.2. The first-order valence-corrected chi connectivity index (χ1v) is 6.88. The van der Waals surface area contributed by atoms with Gasteiger partial charge in [0.1, 0.15) is 0 Å². The van der Waals surface area contributed by atoms with Crippen LogP contribution >= 0.6 is 0 Å². The van der Waals surface area contributed by atoms with Crippen LogP contribution in [0.1, 0.15) is 20.7 Å². The van der Waals surface area contributed by atoms with Crippen LogP contribution in [0.2, 0.25) is 0 Å². The van der Waals surface area contributed by atoms with Gasteiger partial charge in [-0.2, -0.15) is 0 Å². The van der Waals surface area contributed by atoms with Crippen molar-refractivity contribution in [1.82, 2.24) is 10.2 Å². The maximum absolute atomic E-state index is 11.9. The summed E-state index contributed by atoms with van der Waals surface area (Å²) in [6.45, 7) is 1.70. The summed E-state index contributed by atoms with van der Waals surface area (Å²) in [6, 6.07) is 9.19. The Bertz CT molecular complexity index is 717. The van der Waals surface area contributed by atoms with E-state index >= 15 is 0 Å². The number of hydrogen-bond acceptors (Lipinski definition) is 4. The normalized spacial score (nSPS) is 13.7. The Labute approximate surface area is 122 Å². The fraction of sp³-hybridized carbons (Fsp3) is 0.250. The zero-order chi connectivity index (χ0) is 15.0. The van der Waals surface area contributed by atoms with E-state index in [9.17, 15) is 9.59 Å². The molecule has 2 aromatic rings. The van der Waals surface area contributed by atoms with Crippen LogP contribution in [0.25, 0.3) is 10.8 Å². The minimum atomic E-state index is -0.330. The van der Waals surface area contributed by atoms with E-state index in [0.717, 1.165) is 29.5 Å². The van der Waals surface area contributed by atoms with Gasteiger partial charge in [-0.15, -0.1) is 0 Å². The van der Waals surface area contributed by atoms with E-state index in [1.165, 1.54) is 0 Å². The van der Waals surface area contributed by atoms with E-state index in [1.54, 1.807) is 12.1 Å². The Morgan fingerprint density at radius 2 is 1.76 bits per heavy atom. The molecule has 1 aliphatic rings. The molecule has 0 aromatic heterocycles. The van der Waals surface area contributed by atoms with Gasteiger partial charge < -0.3 is 10.2 Å². The maximum Gasteiger partial charge on any atom is 0.258 e. The van der Waals surface area contributed by atoms with E-state index in [2.05, 4.69) is 15.5 Å². The number of amides is 2. The van der Waals surface area contributed by atoms with E-state index in [-0.39, 0.29) is 11.8 Å². The Balaban J connectivity index is 2.08. The molecule has 0 saturated carbocycles. The van der Waals surface area contributed by atoms with Crippen molar-refractivity contribution in [1.29, 1.82) is 0 Å². The molecule has 2 amide bonds. The average molecular weight is 283 g/mol. The lowest BCUT2D eigenvalue weighted by Crippen LogP contribution is -2.34. The number of rotatable bonds is 4. The number of hydrogen-bond donors (Lipinski definition) is 2. The van der Waals surface area contributed by atoms with Gasteiger partial charge >= 0.3 is 0 Å². The highest BCUT2D eigenvalue weighted by molar-refractivity contribution is 6.26. The molecule has 21 heavy (non-hydrogen) atoms. The fourth-order valence-electron chi connectivity index (χ4n) is 2.59. The zero-order valence-corrected chi connectivity index (χ0v) is 12.1. The molecule has 0 fully saturated rings. The molecule has 0 atom stereocenters. The smallest absolute Gasteiger partial charge is 0.258 e. The molecule has 0 bridgehead atoms. The molecule has 1 aliphatic heterocycles. The number of nitrogens with one attached hydrogen (secondary N) is 2. The number of benzene rings is 2. The molecule has 0 unspecified atom stereocenters. The molecule has 3 rings (SSSR count). The SMILES string of the molecule is CN(C)CCNc1ccc2c3c(cccc13)C(=O)NC2=O. The fourth-order valence-corrected chi connectivity index (χ4v) is 2.59. The van der Waals surface area contributed by atoms with Gasteiger partial charge in [0.2, 0.25) is 0 Å². The lowest BCUT2D eigenvalue weighted by molar-refractivity contribution is 0.0845. The molecule has 0 aliphatic carbocycles. The predicted molar refractivity (Wildman–Crippen MR) is 82.8 cm³/mol. The third-order valence-electron chi connectivity index (χ3n) is 3.63. The standard InChI is InChI=1S/C16H17N3O2/c1-19(2)9-8-17-13-7-6-12-14-10(13)4-3-5-11(14)15(20)18-16(12)21/h3-7,17H,8-9H2,1-2H3,(H,18,20,21). The first kappa shape index (κ1) is 13.6. The van der Waals surface area contributed by atoms with Crippen molar-refractivity contribution >= 4 is 28.3 Å². The quantitative estimate of drug-likeness (QED) is 0.838. The molecule has 2 N–H and O–H groups in total. The van der Waals surface area contributed by atoms with Crippen LogP contribution in [-0.4, -0.2) is 43.9 Å². The first-order valence-electron chi connectivity index (χ1n) is 6.88. The molecule has 2 aromatic carbocycles. The van der Waals surface area contributed by atoms with Crippen LogP contribution in [0.5, 0.6) is 0 Å².